The number of ether oxygens (including phenoxy) is 1. The maximum atomic E-state index is 12.7. The van der Waals surface area contributed by atoms with E-state index in [1.807, 2.05) is 6.07 Å². The van der Waals surface area contributed by atoms with Crippen molar-refractivity contribution < 1.29 is 9.53 Å². The third kappa shape index (κ3) is 4.02. The minimum Gasteiger partial charge on any atom is -0.379 e. The van der Waals surface area contributed by atoms with Crippen LogP contribution in [0.15, 0.2) is 12.4 Å². The molecule has 0 saturated carbocycles. The zero-order chi connectivity index (χ0) is 18.7. The van der Waals surface area contributed by atoms with E-state index >= 15 is 0 Å². The van der Waals surface area contributed by atoms with Gasteiger partial charge in [0.1, 0.15) is 12.0 Å². The van der Waals surface area contributed by atoms with E-state index in [0.29, 0.717) is 23.8 Å². The number of fused-ring (bicyclic) bond motifs is 1. The van der Waals surface area contributed by atoms with E-state index in [0.717, 1.165) is 31.9 Å². The largest absolute Gasteiger partial charge is 0.379 e. The summed E-state index contributed by atoms with van der Waals surface area (Å²) in [7, 11) is 0. The number of hydrogen-bond acceptors (Lipinski definition) is 6. The number of hydrogen-bond donors (Lipinski definition) is 1. The van der Waals surface area contributed by atoms with Gasteiger partial charge in [-0.3, -0.25) is 9.69 Å². The summed E-state index contributed by atoms with van der Waals surface area (Å²) >= 11 is 0. The number of nitrogens with zero attached hydrogens (tertiary/aromatic N) is 5. The lowest BCUT2D eigenvalue weighted by atomic mass is 10.0. The molecule has 1 saturated heterocycles. The second-order valence-corrected chi connectivity index (χ2v) is 7.41. The van der Waals surface area contributed by atoms with Gasteiger partial charge in [0, 0.05) is 31.2 Å². The first-order valence-electron chi connectivity index (χ1n) is 9.28. The van der Waals surface area contributed by atoms with Crippen molar-refractivity contribution in [2.24, 2.45) is 5.92 Å². The van der Waals surface area contributed by atoms with Gasteiger partial charge in [-0.2, -0.15) is 9.61 Å². The molecule has 1 aliphatic heterocycles. The molecule has 0 aliphatic carbocycles. The van der Waals surface area contributed by atoms with E-state index in [1.165, 1.54) is 6.33 Å². The van der Waals surface area contributed by atoms with E-state index in [1.54, 1.807) is 4.52 Å². The van der Waals surface area contributed by atoms with Crippen molar-refractivity contribution in [1.29, 1.82) is 0 Å². The topological polar surface area (TPSA) is 84.7 Å². The van der Waals surface area contributed by atoms with Crippen molar-refractivity contribution >= 4 is 11.6 Å². The number of amides is 1. The zero-order valence-electron chi connectivity index (χ0n) is 16.0. The smallest absolute Gasteiger partial charge is 0.271 e. The number of rotatable bonds is 6. The molecule has 142 valence electrons. The van der Waals surface area contributed by atoms with Crippen LogP contribution in [0.4, 0.5) is 0 Å². The Morgan fingerprint density at radius 2 is 2.00 bits per heavy atom. The highest BCUT2D eigenvalue weighted by molar-refractivity contribution is 5.92. The van der Waals surface area contributed by atoms with Crippen LogP contribution in [0.25, 0.3) is 5.65 Å². The zero-order valence-corrected chi connectivity index (χ0v) is 16.0. The fraction of sp³-hybridized carbons (Fsp3) is 0.667. The molecule has 1 amide bonds. The third-order valence-electron chi connectivity index (χ3n) is 4.91. The monoisotopic (exact) mass is 360 g/mol. The molecule has 0 radical (unpaired) electrons. The van der Waals surface area contributed by atoms with Gasteiger partial charge >= 0.3 is 0 Å². The molecule has 1 atom stereocenters. The van der Waals surface area contributed by atoms with Gasteiger partial charge in [-0.25, -0.2) is 0 Å². The van der Waals surface area contributed by atoms with Crippen LogP contribution >= 0.6 is 0 Å². The molecule has 1 aliphatic rings. The fourth-order valence-corrected chi connectivity index (χ4v) is 3.37. The molecular formula is C18H28N6O2. The van der Waals surface area contributed by atoms with Crippen LogP contribution in [-0.4, -0.2) is 69.5 Å². The highest BCUT2D eigenvalue weighted by atomic mass is 16.5. The van der Waals surface area contributed by atoms with Crippen molar-refractivity contribution in [2.75, 3.05) is 32.8 Å². The van der Waals surface area contributed by atoms with Gasteiger partial charge in [-0.05, 0) is 17.9 Å². The molecule has 3 heterocycles. The van der Waals surface area contributed by atoms with E-state index in [9.17, 15) is 4.79 Å². The number of morpholine rings is 1. The van der Waals surface area contributed by atoms with Gasteiger partial charge in [0.2, 0.25) is 0 Å². The van der Waals surface area contributed by atoms with Gasteiger partial charge in [0.15, 0.2) is 5.65 Å². The molecule has 2 aromatic rings. The summed E-state index contributed by atoms with van der Waals surface area (Å²) in [5, 5.41) is 15.4. The predicted molar refractivity (Wildman–Crippen MR) is 98.2 cm³/mol. The molecule has 1 fully saturated rings. The quantitative estimate of drug-likeness (QED) is 0.837. The molecule has 0 aromatic carbocycles. The molecule has 26 heavy (non-hydrogen) atoms. The van der Waals surface area contributed by atoms with Gasteiger partial charge in [-0.1, -0.05) is 27.7 Å². The van der Waals surface area contributed by atoms with Crippen molar-refractivity contribution in [1.82, 2.24) is 30.0 Å². The summed E-state index contributed by atoms with van der Waals surface area (Å²) in [4.78, 5) is 15.1. The molecule has 0 bridgehead atoms. The van der Waals surface area contributed by atoms with Crippen LogP contribution in [-0.2, 0) is 4.74 Å². The summed E-state index contributed by atoms with van der Waals surface area (Å²) in [6, 6.07) is 2.11. The van der Waals surface area contributed by atoms with Crippen LogP contribution in [0.1, 0.15) is 49.7 Å². The van der Waals surface area contributed by atoms with Gasteiger partial charge in [0.25, 0.3) is 5.91 Å². The van der Waals surface area contributed by atoms with Gasteiger partial charge in [-0.15, -0.1) is 10.2 Å². The summed E-state index contributed by atoms with van der Waals surface area (Å²) in [6.07, 6.45) is 1.53. The van der Waals surface area contributed by atoms with Gasteiger partial charge < -0.3 is 10.1 Å². The fourth-order valence-electron chi connectivity index (χ4n) is 3.37. The summed E-state index contributed by atoms with van der Waals surface area (Å²) in [6.45, 7) is 12.4. The van der Waals surface area contributed by atoms with E-state index in [4.69, 9.17) is 4.74 Å². The maximum Gasteiger partial charge on any atom is 0.271 e. The summed E-state index contributed by atoms with van der Waals surface area (Å²) < 4.78 is 7.02. The standard InChI is InChI=1S/C18H28N6O2/c1-12(2)14-9-15(22-24-11-20-21-17(14)24)18(25)19-10-16(13(3)4)23-5-7-26-8-6-23/h9,11-13,16H,5-8,10H2,1-4H3,(H,19,25)/t16-/m0/s1. The Balaban J connectivity index is 1.73. The highest BCUT2D eigenvalue weighted by Crippen LogP contribution is 2.19. The molecule has 0 spiro atoms. The second-order valence-electron chi connectivity index (χ2n) is 7.41. The van der Waals surface area contributed by atoms with Crippen molar-refractivity contribution in [3.05, 3.63) is 23.7 Å². The van der Waals surface area contributed by atoms with E-state index in [-0.39, 0.29) is 17.9 Å². The molecular weight excluding hydrogens is 332 g/mol. The molecule has 2 aromatic heterocycles. The predicted octanol–water partition coefficient (Wildman–Crippen LogP) is 1.33. The van der Waals surface area contributed by atoms with Crippen LogP contribution in [0, 0.1) is 5.92 Å². The average molecular weight is 360 g/mol. The van der Waals surface area contributed by atoms with Crippen LogP contribution in [0.3, 0.4) is 0 Å². The third-order valence-corrected chi connectivity index (χ3v) is 4.91. The van der Waals surface area contributed by atoms with Crippen molar-refractivity contribution in [3.8, 4) is 0 Å². The maximum absolute atomic E-state index is 12.7. The Morgan fingerprint density at radius 3 is 2.65 bits per heavy atom. The molecule has 8 heteroatoms. The lowest BCUT2D eigenvalue weighted by Gasteiger charge is -2.36. The van der Waals surface area contributed by atoms with Crippen LogP contribution in [0.2, 0.25) is 0 Å². The first-order valence-corrected chi connectivity index (χ1v) is 9.28. The SMILES string of the molecule is CC(C)c1cc(C(=O)NC[C@@H](C(C)C)N2CCOCC2)nn2cnnc12. The Labute approximate surface area is 153 Å². The van der Waals surface area contributed by atoms with Gasteiger partial charge in [0.05, 0.1) is 13.2 Å². The lowest BCUT2D eigenvalue weighted by Crippen LogP contribution is -2.51. The lowest BCUT2D eigenvalue weighted by molar-refractivity contribution is 0.00671. The highest BCUT2D eigenvalue weighted by Gasteiger charge is 2.25. The Bertz CT molecular complexity index is 751. The minimum atomic E-state index is -0.165. The second kappa shape index (κ2) is 8.09. The van der Waals surface area contributed by atoms with Crippen LogP contribution in [0.5, 0.6) is 0 Å². The van der Waals surface area contributed by atoms with E-state index < -0.39 is 0 Å². The Hall–Kier alpha value is -2.06. The minimum absolute atomic E-state index is 0.165. The normalized spacial score (nSPS) is 17.2. The molecule has 8 nitrogen and oxygen atoms in total. The Kier molecular flexibility index (Phi) is 5.83. The first kappa shape index (κ1) is 18.7. The molecule has 0 unspecified atom stereocenters. The summed E-state index contributed by atoms with van der Waals surface area (Å²) in [5.41, 5.74) is 2.06. The molecule has 3 rings (SSSR count). The number of aromatic nitrogens is 4. The van der Waals surface area contributed by atoms with Crippen molar-refractivity contribution in [3.63, 3.8) is 0 Å². The van der Waals surface area contributed by atoms with Crippen molar-refractivity contribution in [2.45, 2.75) is 39.7 Å². The first-order chi connectivity index (χ1) is 12.5. The van der Waals surface area contributed by atoms with Crippen LogP contribution < -0.4 is 5.32 Å². The van der Waals surface area contributed by atoms with E-state index in [2.05, 4.69) is 53.2 Å². The number of carbonyl (C=O) groups excluding carboxylic acids is 1. The Morgan fingerprint density at radius 1 is 1.27 bits per heavy atom. The summed E-state index contributed by atoms with van der Waals surface area (Å²) in [5.74, 6) is 0.502. The number of nitrogens with one attached hydrogen (secondary N) is 1. The number of carbonyl (C=O) groups is 1. The molecule has 1 N–H and O–H groups in total. The average Bonchev–Trinajstić information content (AvgIpc) is 3.09.